The highest BCUT2D eigenvalue weighted by Crippen LogP contribution is 2.01. The summed E-state index contributed by atoms with van der Waals surface area (Å²) in [7, 11) is 0. The smallest absolute Gasteiger partial charge is 0.331 e. The van der Waals surface area contributed by atoms with Gasteiger partial charge in [-0.3, -0.25) is 9.59 Å². The van der Waals surface area contributed by atoms with E-state index in [2.05, 4.69) is 4.74 Å². The van der Waals surface area contributed by atoms with Crippen LogP contribution < -0.4 is 11.5 Å². The summed E-state index contributed by atoms with van der Waals surface area (Å²) < 4.78 is 4.45. The molecule has 0 radical (unpaired) electrons. The average Bonchev–Trinajstić information content (AvgIpc) is 2.16. The van der Waals surface area contributed by atoms with Gasteiger partial charge in [-0.1, -0.05) is 19.8 Å². The van der Waals surface area contributed by atoms with Crippen LogP contribution in [0.5, 0.6) is 0 Å². The molecule has 1 amide bonds. The van der Waals surface area contributed by atoms with E-state index in [-0.39, 0.29) is 12.8 Å². The molecule has 0 rings (SSSR count). The lowest BCUT2D eigenvalue weighted by molar-refractivity contribution is -0.161. The van der Waals surface area contributed by atoms with E-state index in [1.165, 1.54) is 0 Å². The first kappa shape index (κ1) is 14.6. The molecule has 0 aliphatic heterocycles. The van der Waals surface area contributed by atoms with Crippen LogP contribution in [0.3, 0.4) is 0 Å². The molecular formula is C10H18N2O4. The van der Waals surface area contributed by atoms with Crippen LogP contribution >= 0.6 is 0 Å². The number of carbonyl (C=O) groups excluding carboxylic acids is 3. The van der Waals surface area contributed by atoms with Crippen molar-refractivity contribution >= 4 is 17.8 Å². The van der Waals surface area contributed by atoms with Crippen molar-refractivity contribution in [3.05, 3.63) is 0 Å². The van der Waals surface area contributed by atoms with Crippen molar-refractivity contribution in [3.63, 3.8) is 0 Å². The molecule has 0 bridgehead atoms. The second kappa shape index (κ2) is 7.81. The molecule has 0 aliphatic rings. The van der Waals surface area contributed by atoms with Crippen LogP contribution in [0.2, 0.25) is 0 Å². The number of esters is 2. The minimum Gasteiger partial charge on any atom is -0.392 e. The van der Waals surface area contributed by atoms with Crippen LogP contribution in [0, 0.1) is 0 Å². The second-order valence-corrected chi connectivity index (χ2v) is 3.53. The maximum Gasteiger partial charge on any atom is 0.331 e. The Kier molecular flexibility index (Phi) is 7.11. The number of carbonyl (C=O) groups is 3. The van der Waals surface area contributed by atoms with Crippen molar-refractivity contribution in [1.82, 2.24) is 0 Å². The lowest BCUT2D eigenvalue weighted by Gasteiger charge is -2.07. The standard InChI is InChI=1S/C10H18N2O4/c1-2-3-4-5-9(14)16-10(15)7(11)6-8(12)13/h7H,2-6,11H2,1H3,(H2,12,13)/t7-/m0/s1. The SMILES string of the molecule is CCCCCC(=O)OC(=O)[C@@H](N)CC(N)=O. The summed E-state index contributed by atoms with van der Waals surface area (Å²) in [5.41, 5.74) is 10.1. The quantitative estimate of drug-likeness (QED) is 0.358. The summed E-state index contributed by atoms with van der Waals surface area (Å²) in [5, 5.41) is 0. The molecule has 0 spiro atoms. The minimum absolute atomic E-state index is 0.183. The summed E-state index contributed by atoms with van der Waals surface area (Å²) >= 11 is 0. The number of hydrogen-bond donors (Lipinski definition) is 2. The third kappa shape index (κ3) is 6.94. The van der Waals surface area contributed by atoms with E-state index in [0.29, 0.717) is 6.42 Å². The van der Waals surface area contributed by atoms with Gasteiger partial charge in [0.2, 0.25) is 5.91 Å². The summed E-state index contributed by atoms with van der Waals surface area (Å²) in [5.74, 6) is -2.22. The molecule has 6 nitrogen and oxygen atoms in total. The zero-order valence-electron chi connectivity index (χ0n) is 9.40. The zero-order chi connectivity index (χ0) is 12.6. The van der Waals surface area contributed by atoms with Gasteiger partial charge in [0.15, 0.2) is 0 Å². The van der Waals surface area contributed by atoms with E-state index in [9.17, 15) is 14.4 Å². The van der Waals surface area contributed by atoms with E-state index in [1.54, 1.807) is 0 Å². The molecule has 4 N–H and O–H groups in total. The summed E-state index contributed by atoms with van der Waals surface area (Å²) in [6.45, 7) is 2.00. The number of primary amides is 1. The normalized spacial score (nSPS) is 11.9. The molecule has 6 heteroatoms. The Morgan fingerprint density at radius 2 is 1.88 bits per heavy atom. The average molecular weight is 230 g/mol. The predicted octanol–water partition coefficient (Wildman–Crippen LogP) is -0.161. The van der Waals surface area contributed by atoms with Crippen LogP contribution in [0.25, 0.3) is 0 Å². The molecule has 0 saturated heterocycles. The molecular weight excluding hydrogens is 212 g/mol. The Labute approximate surface area is 94.3 Å². The number of hydrogen-bond acceptors (Lipinski definition) is 5. The molecule has 0 fully saturated rings. The first-order chi connectivity index (χ1) is 7.47. The molecule has 1 atom stereocenters. The van der Waals surface area contributed by atoms with Crippen molar-refractivity contribution in [2.45, 2.75) is 45.1 Å². The van der Waals surface area contributed by atoms with Crippen LogP contribution in [0.1, 0.15) is 39.0 Å². The van der Waals surface area contributed by atoms with E-state index in [1.807, 2.05) is 6.92 Å². The third-order valence-electron chi connectivity index (χ3n) is 1.92. The minimum atomic E-state index is -1.16. The van der Waals surface area contributed by atoms with E-state index >= 15 is 0 Å². The topological polar surface area (TPSA) is 112 Å². The number of amides is 1. The molecule has 0 aromatic rings. The van der Waals surface area contributed by atoms with Gasteiger partial charge >= 0.3 is 11.9 Å². The predicted molar refractivity (Wildman–Crippen MR) is 57.0 cm³/mol. The van der Waals surface area contributed by atoms with Crippen LogP contribution in [-0.2, 0) is 19.1 Å². The Bertz CT molecular complexity index is 266. The summed E-state index contributed by atoms with van der Waals surface area (Å²) in [4.78, 5) is 32.7. The highest BCUT2D eigenvalue weighted by molar-refractivity contribution is 5.91. The number of unbranched alkanes of at least 4 members (excludes halogenated alkanes) is 2. The van der Waals surface area contributed by atoms with Gasteiger partial charge in [0.05, 0.1) is 6.42 Å². The van der Waals surface area contributed by atoms with Crippen LogP contribution in [0.4, 0.5) is 0 Å². The van der Waals surface area contributed by atoms with Crippen LogP contribution in [0.15, 0.2) is 0 Å². The molecule has 92 valence electrons. The Morgan fingerprint density at radius 1 is 1.25 bits per heavy atom. The maximum atomic E-state index is 11.1. The molecule has 16 heavy (non-hydrogen) atoms. The fourth-order valence-corrected chi connectivity index (χ4v) is 1.06. The molecule has 0 heterocycles. The van der Waals surface area contributed by atoms with Crippen molar-refractivity contribution in [2.24, 2.45) is 11.5 Å². The molecule has 0 unspecified atom stereocenters. The maximum absolute atomic E-state index is 11.1. The lowest BCUT2D eigenvalue weighted by atomic mass is 10.2. The van der Waals surface area contributed by atoms with E-state index in [0.717, 1.165) is 12.8 Å². The molecule has 0 aliphatic carbocycles. The Balaban J connectivity index is 3.85. The van der Waals surface area contributed by atoms with Gasteiger partial charge in [0.1, 0.15) is 6.04 Å². The highest BCUT2D eigenvalue weighted by Gasteiger charge is 2.20. The Morgan fingerprint density at radius 3 is 2.38 bits per heavy atom. The summed E-state index contributed by atoms with van der Waals surface area (Å²) in [6.07, 6.45) is 2.41. The fourth-order valence-electron chi connectivity index (χ4n) is 1.06. The van der Waals surface area contributed by atoms with Gasteiger partial charge < -0.3 is 16.2 Å². The molecule has 0 aromatic carbocycles. The van der Waals surface area contributed by atoms with Gasteiger partial charge in [0, 0.05) is 6.42 Å². The van der Waals surface area contributed by atoms with E-state index in [4.69, 9.17) is 11.5 Å². The fraction of sp³-hybridized carbons (Fsp3) is 0.700. The van der Waals surface area contributed by atoms with Crippen LogP contribution in [-0.4, -0.2) is 23.9 Å². The van der Waals surface area contributed by atoms with Crippen molar-refractivity contribution in [1.29, 1.82) is 0 Å². The van der Waals surface area contributed by atoms with Gasteiger partial charge in [-0.25, -0.2) is 4.79 Å². The van der Waals surface area contributed by atoms with E-state index < -0.39 is 23.9 Å². The van der Waals surface area contributed by atoms with Gasteiger partial charge in [-0.2, -0.15) is 0 Å². The highest BCUT2D eigenvalue weighted by atomic mass is 16.6. The monoisotopic (exact) mass is 230 g/mol. The third-order valence-corrected chi connectivity index (χ3v) is 1.92. The van der Waals surface area contributed by atoms with Gasteiger partial charge in [-0.05, 0) is 6.42 Å². The van der Waals surface area contributed by atoms with Crippen molar-refractivity contribution in [2.75, 3.05) is 0 Å². The lowest BCUT2D eigenvalue weighted by Crippen LogP contribution is -2.37. The molecule has 0 aromatic heterocycles. The molecule has 0 saturated carbocycles. The Hall–Kier alpha value is -1.43. The van der Waals surface area contributed by atoms with Crippen molar-refractivity contribution < 1.29 is 19.1 Å². The number of nitrogens with two attached hydrogens (primary N) is 2. The first-order valence-electron chi connectivity index (χ1n) is 5.25. The van der Waals surface area contributed by atoms with Gasteiger partial charge in [0.25, 0.3) is 0 Å². The first-order valence-corrected chi connectivity index (χ1v) is 5.25. The second-order valence-electron chi connectivity index (χ2n) is 3.53. The largest absolute Gasteiger partial charge is 0.392 e. The van der Waals surface area contributed by atoms with Gasteiger partial charge in [-0.15, -0.1) is 0 Å². The number of ether oxygens (including phenoxy) is 1. The zero-order valence-corrected chi connectivity index (χ0v) is 9.40. The van der Waals surface area contributed by atoms with Crippen molar-refractivity contribution in [3.8, 4) is 0 Å². The number of rotatable bonds is 7. The summed E-state index contributed by atoms with van der Waals surface area (Å²) in [6, 6.07) is -1.16.